The van der Waals surface area contributed by atoms with Gasteiger partial charge in [-0.3, -0.25) is 4.79 Å². The highest BCUT2D eigenvalue weighted by molar-refractivity contribution is 6.00. The van der Waals surface area contributed by atoms with Gasteiger partial charge in [0.25, 0.3) is 5.91 Å². The molecule has 0 bridgehead atoms. The van der Waals surface area contributed by atoms with Crippen molar-refractivity contribution in [3.05, 3.63) is 70.4 Å². The van der Waals surface area contributed by atoms with Crippen LogP contribution in [0.1, 0.15) is 58.4 Å². The average Bonchev–Trinajstić information content (AvgIpc) is 3.45. The molecule has 2 aliphatic rings. The van der Waals surface area contributed by atoms with Gasteiger partial charge in [0.2, 0.25) is 5.92 Å². The van der Waals surface area contributed by atoms with Gasteiger partial charge in [-0.1, -0.05) is 6.07 Å². The molecule has 3 heterocycles. The monoisotopic (exact) mass is 499 g/mol. The number of pyridine rings is 1. The molecule has 0 saturated heterocycles. The van der Waals surface area contributed by atoms with E-state index in [0.717, 1.165) is 11.8 Å². The van der Waals surface area contributed by atoms with Crippen molar-refractivity contribution in [3.63, 3.8) is 0 Å². The number of benzene rings is 1. The van der Waals surface area contributed by atoms with Crippen molar-refractivity contribution in [2.24, 2.45) is 0 Å². The summed E-state index contributed by atoms with van der Waals surface area (Å²) in [5, 5.41) is 14.0. The fourth-order valence-electron chi connectivity index (χ4n) is 4.83. The lowest BCUT2D eigenvalue weighted by Crippen LogP contribution is -2.36. The van der Waals surface area contributed by atoms with Gasteiger partial charge in [0.1, 0.15) is 23.3 Å². The highest BCUT2D eigenvalue weighted by Crippen LogP contribution is 2.49. The van der Waals surface area contributed by atoms with E-state index >= 15 is 4.39 Å². The summed E-state index contributed by atoms with van der Waals surface area (Å²) >= 11 is 0. The summed E-state index contributed by atoms with van der Waals surface area (Å²) < 4.78 is 63.7. The molecule has 3 aromatic rings. The van der Waals surface area contributed by atoms with Crippen molar-refractivity contribution in [1.82, 2.24) is 19.7 Å². The van der Waals surface area contributed by atoms with Crippen molar-refractivity contribution < 1.29 is 27.1 Å². The second-order valence-corrected chi connectivity index (χ2v) is 9.04. The number of halogens is 4. The first-order valence-electron chi connectivity index (χ1n) is 11.3. The summed E-state index contributed by atoms with van der Waals surface area (Å²) in [6.45, 7) is 0.241. The topological polar surface area (TPSA) is 84.0 Å². The van der Waals surface area contributed by atoms with Gasteiger partial charge in [0, 0.05) is 36.7 Å². The van der Waals surface area contributed by atoms with Crippen LogP contribution in [0.5, 0.6) is 5.75 Å². The van der Waals surface area contributed by atoms with Crippen molar-refractivity contribution in [2.45, 2.75) is 50.4 Å². The van der Waals surface area contributed by atoms with Gasteiger partial charge in [0.15, 0.2) is 5.82 Å². The Morgan fingerprint density at radius 2 is 1.86 bits per heavy atom. The van der Waals surface area contributed by atoms with E-state index in [2.05, 4.69) is 10.1 Å². The molecule has 5 rings (SSSR count). The molecule has 1 aliphatic heterocycles. The number of amides is 1. The maximum absolute atomic E-state index is 16.1. The molecule has 7 nitrogen and oxygen atoms in total. The highest BCUT2D eigenvalue weighted by atomic mass is 19.3. The lowest BCUT2D eigenvalue weighted by Gasteiger charge is -2.36. The largest absolute Gasteiger partial charge is 0.495 e. The zero-order chi connectivity index (χ0) is 25.7. The minimum Gasteiger partial charge on any atom is -0.495 e. The predicted molar refractivity (Wildman–Crippen MR) is 119 cm³/mol. The van der Waals surface area contributed by atoms with Crippen molar-refractivity contribution in [2.75, 3.05) is 7.11 Å². The molecule has 1 aromatic carbocycles. The lowest BCUT2D eigenvalue weighted by atomic mass is 9.77. The Bertz CT molecular complexity index is 1350. The van der Waals surface area contributed by atoms with Crippen LogP contribution in [0.15, 0.2) is 36.7 Å². The minimum absolute atomic E-state index is 0.0406. The number of alkyl halides is 3. The molecule has 0 spiro atoms. The van der Waals surface area contributed by atoms with Crippen LogP contribution in [-0.2, 0) is 18.8 Å². The summed E-state index contributed by atoms with van der Waals surface area (Å²) in [6, 6.07) is 7.34. The standard InChI is InChI=1S/C25H21F4N5O2/c1-36-22-15(10-30)2-4-18(24(27)6-8-25(28,29)9-7-24)21(22)23(35)33-12-16-13-34(32-19(16)14-33)20-5-3-17(26)11-31-20/h2-5,11,13H,6-9,12,14H2,1H3. The zero-order valence-electron chi connectivity index (χ0n) is 19.3. The molecule has 0 unspecified atom stereocenters. The van der Waals surface area contributed by atoms with E-state index in [1.807, 2.05) is 6.07 Å². The molecule has 0 radical (unpaired) electrons. The second kappa shape index (κ2) is 8.62. The molecule has 0 atom stereocenters. The predicted octanol–water partition coefficient (Wildman–Crippen LogP) is 4.82. The third-order valence-electron chi connectivity index (χ3n) is 6.77. The minimum atomic E-state index is -2.96. The number of ether oxygens (including phenoxy) is 1. The number of nitriles is 1. The van der Waals surface area contributed by atoms with Crippen LogP contribution in [-0.4, -0.2) is 38.6 Å². The SMILES string of the molecule is COc1c(C#N)ccc(C2(F)CCC(F)(F)CC2)c1C(=O)N1Cc2cn(-c3ccc(F)cn3)nc2C1. The number of hydrogen-bond donors (Lipinski definition) is 0. The summed E-state index contributed by atoms with van der Waals surface area (Å²) in [4.78, 5) is 19.1. The Morgan fingerprint density at radius 3 is 2.47 bits per heavy atom. The molecule has 186 valence electrons. The number of rotatable bonds is 4. The molecule has 1 aliphatic carbocycles. The maximum atomic E-state index is 16.1. The summed E-state index contributed by atoms with van der Waals surface area (Å²) in [6.07, 6.45) is 0.564. The average molecular weight is 499 g/mol. The van der Waals surface area contributed by atoms with Crippen molar-refractivity contribution >= 4 is 5.91 Å². The van der Waals surface area contributed by atoms with E-state index in [1.54, 1.807) is 6.20 Å². The molecule has 2 aromatic heterocycles. The van der Waals surface area contributed by atoms with Crippen LogP contribution in [0, 0.1) is 17.1 Å². The number of fused-ring (bicyclic) bond motifs is 1. The summed E-state index contributed by atoms with van der Waals surface area (Å²) in [5.41, 5.74) is -1.01. The Balaban J connectivity index is 1.48. The van der Waals surface area contributed by atoms with Gasteiger partial charge in [-0.25, -0.2) is 27.2 Å². The highest BCUT2D eigenvalue weighted by Gasteiger charge is 2.47. The number of methoxy groups -OCH3 is 1. The molecule has 0 N–H and O–H groups in total. The summed E-state index contributed by atoms with van der Waals surface area (Å²) in [7, 11) is 1.27. The van der Waals surface area contributed by atoms with Gasteiger partial charge in [0.05, 0.1) is 36.7 Å². The van der Waals surface area contributed by atoms with Gasteiger partial charge in [-0.15, -0.1) is 0 Å². The number of hydrogen-bond acceptors (Lipinski definition) is 5. The van der Waals surface area contributed by atoms with Gasteiger partial charge in [-0.2, -0.15) is 10.4 Å². The fourth-order valence-corrected chi connectivity index (χ4v) is 4.83. The molecule has 1 saturated carbocycles. The molecule has 36 heavy (non-hydrogen) atoms. The Hall–Kier alpha value is -3.94. The van der Waals surface area contributed by atoms with E-state index in [1.165, 1.54) is 41.0 Å². The first kappa shape index (κ1) is 23.8. The quantitative estimate of drug-likeness (QED) is 0.481. The maximum Gasteiger partial charge on any atom is 0.258 e. The Kier molecular flexibility index (Phi) is 5.70. The lowest BCUT2D eigenvalue weighted by molar-refractivity contribution is -0.0776. The number of carbonyl (C=O) groups excluding carboxylic acids is 1. The summed E-state index contributed by atoms with van der Waals surface area (Å²) in [5.74, 6) is -3.70. The molecule has 1 amide bonds. The second-order valence-electron chi connectivity index (χ2n) is 9.04. The Labute approximate surface area is 203 Å². The molecule has 11 heteroatoms. The normalized spacial score (nSPS) is 17.9. The molecular weight excluding hydrogens is 478 g/mol. The number of carbonyl (C=O) groups is 1. The third-order valence-corrected chi connectivity index (χ3v) is 6.77. The molecule has 1 fully saturated rings. The van der Waals surface area contributed by atoms with Crippen LogP contribution in [0.4, 0.5) is 17.6 Å². The number of aromatic nitrogens is 3. The number of nitrogens with zero attached hydrogens (tertiary/aromatic N) is 5. The van der Waals surface area contributed by atoms with E-state index in [0.29, 0.717) is 11.5 Å². The van der Waals surface area contributed by atoms with Crippen LogP contribution in [0.3, 0.4) is 0 Å². The first-order valence-corrected chi connectivity index (χ1v) is 11.3. The van der Waals surface area contributed by atoms with Crippen LogP contribution >= 0.6 is 0 Å². The van der Waals surface area contributed by atoms with Crippen LogP contribution < -0.4 is 4.74 Å². The first-order chi connectivity index (χ1) is 17.1. The van der Waals surface area contributed by atoms with Crippen LogP contribution in [0.2, 0.25) is 0 Å². The van der Waals surface area contributed by atoms with E-state index in [4.69, 9.17) is 4.74 Å². The molecular formula is C25H21F4N5O2. The van der Waals surface area contributed by atoms with E-state index in [9.17, 15) is 23.2 Å². The zero-order valence-corrected chi connectivity index (χ0v) is 19.3. The van der Waals surface area contributed by atoms with Crippen LogP contribution in [0.25, 0.3) is 5.82 Å². The Morgan fingerprint density at radius 1 is 1.11 bits per heavy atom. The third kappa shape index (κ3) is 4.06. The van der Waals surface area contributed by atoms with Crippen molar-refractivity contribution in [1.29, 1.82) is 5.26 Å². The fraction of sp³-hybridized carbons (Fsp3) is 0.360. The van der Waals surface area contributed by atoms with Gasteiger partial charge < -0.3 is 9.64 Å². The van der Waals surface area contributed by atoms with Gasteiger partial charge in [-0.05, 0) is 31.0 Å². The smallest absolute Gasteiger partial charge is 0.258 e. The van der Waals surface area contributed by atoms with Gasteiger partial charge >= 0.3 is 0 Å². The van der Waals surface area contributed by atoms with E-state index in [-0.39, 0.29) is 35.5 Å². The van der Waals surface area contributed by atoms with Crippen molar-refractivity contribution in [3.8, 4) is 17.6 Å². The van der Waals surface area contributed by atoms with E-state index < -0.39 is 49.0 Å².